The molecule has 0 spiro atoms. The molecule has 0 aliphatic heterocycles. The molecule has 164 valence electrons. The van der Waals surface area contributed by atoms with Crippen LogP contribution in [0.25, 0.3) is 10.9 Å². The van der Waals surface area contributed by atoms with E-state index in [9.17, 15) is 13.6 Å². The Morgan fingerprint density at radius 2 is 1.69 bits per heavy atom. The summed E-state index contributed by atoms with van der Waals surface area (Å²) in [6.45, 7) is 0.0855. The molecule has 3 aromatic carbocycles. The first-order valence-electron chi connectivity index (χ1n) is 10.3. The molecule has 32 heavy (non-hydrogen) atoms. The molecule has 0 aliphatic carbocycles. The Morgan fingerprint density at radius 3 is 2.41 bits per heavy atom. The molecule has 1 heterocycles. The fourth-order valence-electron chi connectivity index (χ4n) is 3.52. The molecule has 5 nitrogen and oxygen atoms in total. The number of nitrogens with zero attached hydrogens (tertiary/aromatic N) is 2. The second kappa shape index (κ2) is 9.60. The number of benzene rings is 3. The Hall–Kier alpha value is -3.74. The van der Waals surface area contributed by atoms with Crippen molar-refractivity contribution in [1.82, 2.24) is 15.1 Å². The van der Waals surface area contributed by atoms with Gasteiger partial charge >= 0.3 is 6.61 Å². The Morgan fingerprint density at radius 1 is 1.00 bits per heavy atom. The van der Waals surface area contributed by atoms with Crippen LogP contribution in [-0.4, -0.2) is 28.8 Å². The molecule has 1 amide bonds. The predicted octanol–water partition coefficient (Wildman–Crippen LogP) is 4.97. The molecule has 0 aliphatic rings. The molecule has 4 rings (SSSR count). The number of amides is 1. The third kappa shape index (κ3) is 5.11. The van der Waals surface area contributed by atoms with Crippen LogP contribution in [0.15, 0.2) is 72.8 Å². The van der Waals surface area contributed by atoms with E-state index in [1.165, 1.54) is 17.7 Å². The average Bonchev–Trinajstić information content (AvgIpc) is 3.15. The fourth-order valence-corrected chi connectivity index (χ4v) is 3.52. The van der Waals surface area contributed by atoms with Gasteiger partial charge in [-0.25, -0.2) is 0 Å². The molecule has 0 fully saturated rings. The van der Waals surface area contributed by atoms with Crippen molar-refractivity contribution in [3.8, 4) is 5.75 Å². The highest BCUT2D eigenvalue weighted by atomic mass is 19.3. The number of carbonyl (C=O) groups is 1. The molecule has 0 saturated carbocycles. The fraction of sp³-hybridized carbons (Fsp3) is 0.200. The van der Waals surface area contributed by atoms with E-state index >= 15 is 0 Å². The lowest BCUT2D eigenvalue weighted by molar-refractivity contribution is -0.0498. The summed E-state index contributed by atoms with van der Waals surface area (Å²) in [5.74, 6) is -0.129. The van der Waals surface area contributed by atoms with Crippen molar-refractivity contribution in [1.29, 1.82) is 0 Å². The number of hydrogen-bond donors (Lipinski definition) is 1. The van der Waals surface area contributed by atoms with Gasteiger partial charge in [0.05, 0.1) is 12.1 Å². The molecule has 0 unspecified atom stereocenters. The normalized spacial score (nSPS) is 11.1. The topological polar surface area (TPSA) is 56.2 Å². The summed E-state index contributed by atoms with van der Waals surface area (Å²) in [4.78, 5) is 12.8. The van der Waals surface area contributed by atoms with Crippen molar-refractivity contribution in [2.75, 3.05) is 6.54 Å². The highest BCUT2D eigenvalue weighted by Crippen LogP contribution is 2.21. The number of halogens is 2. The minimum atomic E-state index is -2.86. The number of carbonyl (C=O) groups excluding carboxylic acids is 1. The number of nitrogens with one attached hydrogen (secondary N) is 1. The van der Waals surface area contributed by atoms with Crippen LogP contribution < -0.4 is 10.1 Å². The van der Waals surface area contributed by atoms with Gasteiger partial charge in [-0.2, -0.15) is 13.9 Å². The molecule has 1 aromatic heterocycles. The smallest absolute Gasteiger partial charge is 0.387 e. The average molecular weight is 435 g/mol. The van der Waals surface area contributed by atoms with E-state index in [1.54, 1.807) is 16.8 Å². The van der Waals surface area contributed by atoms with Gasteiger partial charge in [-0.05, 0) is 42.7 Å². The first kappa shape index (κ1) is 21.5. The Bertz CT molecular complexity index is 1200. The number of ether oxygens (including phenoxy) is 1. The maximum absolute atomic E-state index is 12.8. The van der Waals surface area contributed by atoms with Gasteiger partial charge in [0.2, 0.25) is 0 Å². The van der Waals surface area contributed by atoms with Gasteiger partial charge in [0, 0.05) is 11.9 Å². The lowest BCUT2D eigenvalue weighted by Crippen LogP contribution is -2.26. The Kier molecular flexibility index (Phi) is 6.44. The van der Waals surface area contributed by atoms with E-state index in [-0.39, 0.29) is 11.7 Å². The van der Waals surface area contributed by atoms with E-state index < -0.39 is 6.61 Å². The predicted molar refractivity (Wildman–Crippen MR) is 119 cm³/mol. The first-order valence-corrected chi connectivity index (χ1v) is 10.3. The van der Waals surface area contributed by atoms with Gasteiger partial charge in [0.25, 0.3) is 5.91 Å². The SMILES string of the molecule is Cc1ccc(CCNC(=O)c2nn(Cc3ccc(OC(F)F)cc3)c3ccccc23)cc1. The molecule has 0 atom stereocenters. The lowest BCUT2D eigenvalue weighted by atomic mass is 10.1. The maximum atomic E-state index is 12.8. The van der Waals surface area contributed by atoms with Crippen molar-refractivity contribution in [2.45, 2.75) is 26.5 Å². The quantitative estimate of drug-likeness (QED) is 0.425. The van der Waals surface area contributed by atoms with Gasteiger partial charge in [-0.3, -0.25) is 9.48 Å². The van der Waals surface area contributed by atoms with Crippen molar-refractivity contribution in [3.05, 3.63) is 95.2 Å². The van der Waals surface area contributed by atoms with Crippen molar-refractivity contribution in [2.24, 2.45) is 0 Å². The number of alkyl halides is 2. The van der Waals surface area contributed by atoms with Gasteiger partial charge in [-0.1, -0.05) is 60.2 Å². The molecule has 1 N–H and O–H groups in total. The largest absolute Gasteiger partial charge is 0.435 e. The number of rotatable bonds is 8. The summed E-state index contributed by atoms with van der Waals surface area (Å²) in [6, 6.07) is 22.1. The van der Waals surface area contributed by atoms with Gasteiger partial charge in [0.1, 0.15) is 5.75 Å². The number of para-hydroxylation sites is 1. The van der Waals surface area contributed by atoms with Crippen LogP contribution in [0, 0.1) is 6.92 Å². The molecule has 0 bridgehead atoms. The number of hydrogen-bond acceptors (Lipinski definition) is 3. The molecule has 7 heteroatoms. The van der Waals surface area contributed by atoms with Gasteiger partial charge in [0.15, 0.2) is 5.69 Å². The second-order valence-corrected chi connectivity index (χ2v) is 7.54. The van der Waals surface area contributed by atoms with Gasteiger partial charge < -0.3 is 10.1 Å². The summed E-state index contributed by atoms with van der Waals surface area (Å²) in [6.07, 6.45) is 0.734. The second-order valence-electron chi connectivity index (χ2n) is 7.54. The first-order chi connectivity index (χ1) is 15.5. The van der Waals surface area contributed by atoms with E-state index in [2.05, 4.69) is 39.4 Å². The number of fused-ring (bicyclic) bond motifs is 1. The monoisotopic (exact) mass is 435 g/mol. The third-order valence-corrected chi connectivity index (χ3v) is 5.17. The van der Waals surface area contributed by atoms with Crippen molar-refractivity contribution >= 4 is 16.8 Å². The molecular weight excluding hydrogens is 412 g/mol. The maximum Gasteiger partial charge on any atom is 0.387 e. The lowest BCUT2D eigenvalue weighted by Gasteiger charge is -2.07. The van der Waals surface area contributed by atoms with Gasteiger partial charge in [-0.15, -0.1) is 0 Å². The third-order valence-electron chi connectivity index (χ3n) is 5.17. The van der Waals surface area contributed by atoms with Crippen LogP contribution in [0.2, 0.25) is 0 Å². The minimum Gasteiger partial charge on any atom is -0.435 e. The van der Waals surface area contributed by atoms with Crippen LogP contribution >= 0.6 is 0 Å². The van der Waals surface area contributed by atoms with Crippen LogP contribution in [0.4, 0.5) is 8.78 Å². The van der Waals surface area contributed by atoms with Crippen molar-refractivity contribution in [3.63, 3.8) is 0 Å². The van der Waals surface area contributed by atoms with Crippen LogP contribution in [-0.2, 0) is 13.0 Å². The zero-order valence-electron chi connectivity index (χ0n) is 17.6. The molecule has 0 radical (unpaired) electrons. The number of aryl methyl sites for hydroxylation is 1. The zero-order chi connectivity index (χ0) is 22.5. The highest BCUT2D eigenvalue weighted by molar-refractivity contribution is 6.04. The number of aromatic nitrogens is 2. The summed E-state index contributed by atoms with van der Waals surface area (Å²) >= 11 is 0. The van der Waals surface area contributed by atoms with Crippen LogP contribution in [0.5, 0.6) is 5.75 Å². The van der Waals surface area contributed by atoms with E-state index in [0.717, 1.165) is 28.5 Å². The van der Waals surface area contributed by atoms with E-state index in [1.807, 2.05) is 31.2 Å². The van der Waals surface area contributed by atoms with Crippen LogP contribution in [0.3, 0.4) is 0 Å². The molecule has 4 aromatic rings. The molecule has 0 saturated heterocycles. The standard InChI is InChI=1S/C25H23F2N3O2/c1-17-6-8-18(9-7-17)14-15-28-24(31)23-21-4-2-3-5-22(21)30(29-23)16-19-10-12-20(13-11-19)32-25(26)27/h2-13,25H,14-16H2,1H3,(H,28,31). The summed E-state index contributed by atoms with van der Waals surface area (Å²) in [5, 5.41) is 8.26. The summed E-state index contributed by atoms with van der Waals surface area (Å²) in [5.41, 5.74) is 4.40. The zero-order valence-corrected chi connectivity index (χ0v) is 17.6. The summed E-state index contributed by atoms with van der Waals surface area (Å²) < 4.78 is 30.8. The van der Waals surface area contributed by atoms with E-state index in [4.69, 9.17) is 0 Å². The van der Waals surface area contributed by atoms with Crippen LogP contribution in [0.1, 0.15) is 27.2 Å². The summed E-state index contributed by atoms with van der Waals surface area (Å²) in [7, 11) is 0. The van der Waals surface area contributed by atoms with E-state index in [0.29, 0.717) is 18.8 Å². The Labute approximate surface area is 184 Å². The Balaban J connectivity index is 1.48. The molecular formula is C25H23F2N3O2. The van der Waals surface area contributed by atoms with Crippen molar-refractivity contribution < 1.29 is 18.3 Å². The minimum absolute atomic E-state index is 0.0997. The highest BCUT2D eigenvalue weighted by Gasteiger charge is 2.17.